The Hall–Kier alpha value is -2.18. The minimum absolute atomic E-state index is 0.000746. The number of benzene rings is 1. The molecular weight excluding hydrogens is 467 g/mol. The van der Waals surface area contributed by atoms with E-state index in [0.29, 0.717) is 23.0 Å². The number of carbonyl (C=O) groups is 1. The molecule has 1 saturated carbocycles. The maximum atomic E-state index is 13.4. The lowest BCUT2D eigenvalue weighted by atomic mass is 10.3. The van der Waals surface area contributed by atoms with Crippen molar-refractivity contribution in [3.05, 3.63) is 34.2 Å². The molecular formula is C17H20BrFN6O3S. The summed E-state index contributed by atoms with van der Waals surface area (Å²) in [5, 5.41) is 23.1. The molecule has 1 fully saturated rings. The molecule has 0 spiro atoms. The summed E-state index contributed by atoms with van der Waals surface area (Å²) in [6.45, 7) is 0.416. The summed E-state index contributed by atoms with van der Waals surface area (Å²) in [7, 11) is 0. The normalized spacial score (nSPS) is 14.8. The van der Waals surface area contributed by atoms with Crippen LogP contribution in [0.15, 0.2) is 37.3 Å². The average Bonchev–Trinajstić information content (AvgIpc) is 3.38. The van der Waals surface area contributed by atoms with Gasteiger partial charge in [0.2, 0.25) is 0 Å². The monoisotopic (exact) mass is 486 g/mol. The van der Waals surface area contributed by atoms with Gasteiger partial charge in [-0.15, -0.1) is 0 Å². The van der Waals surface area contributed by atoms with Crippen LogP contribution >= 0.6 is 27.7 Å². The van der Waals surface area contributed by atoms with Gasteiger partial charge in [0.1, 0.15) is 5.82 Å². The Kier molecular flexibility index (Phi) is 7.83. The lowest BCUT2D eigenvalue weighted by Crippen LogP contribution is -2.41. The molecule has 1 heterocycles. The van der Waals surface area contributed by atoms with Gasteiger partial charge in [0.15, 0.2) is 16.6 Å². The van der Waals surface area contributed by atoms with Crippen molar-refractivity contribution in [2.75, 3.05) is 12.3 Å². The van der Waals surface area contributed by atoms with Gasteiger partial charge in [-0.2, -0.15) is 0 Å². The lowest BCUT2D eigenvalue weighted by Gasteiger charge is -2.12. The Morgan fingerprint density at radius 3 is 2.90 bits per heavy atom. The van der Waals surface area contributed by atoms with Gasteiger partial charge in [-0.1, -0.05) is 24.6 Å². The molecule has 1 aliphatic carbocycles. The molecule has 0 atom stereocenters. The Morgan fingerprint density at radius 1 is 1.38 bits per heavy atom. The number of hydroxylamine groups is 1. The first-order valence-corrected chi connectivity index (χ1v) is 10.8. The number of aromatic nitrogens is 2. The van der Waals surface area contributed by atoms with Crippen LogP contribution in [-0.4, -0.2) is 45.7 Å². The predicted octanol–water partition coefficient (Wildman–Crippen LogP) is 3.36. The number of halogens is 2. The third-order valence-electron chi connectivity index (χ3n) is 4.25. The molecule has 156 valence electrons. The summed E-state index contributed by atoms with van der Waals surface area (Å²) in [6, 6.07) is 4.23. The van der Waals surface area contributed by atoms with Gasteiger partial charge in [0.25, 0.3) is 0 Å². The third-order valence-corrected chi connectivity index (χ3v) is 5.81. The van der Waals surface area contributed by atoms with Crippen LogP contribution in [0.4, 0.5) is 14.9 Å². The van der Waals surface area contributed by atoms with Crippen LogP contribution in [0, 0.1) is 5.82 Å². The van der Waals surface area contributed by atoms with Crippen molar-refractivity contribution in [3.8, 4) is 0 Å². The van der Waals surface area contributed by atoms with E-state index in [2.05, 4.69) is 41.9 Å². The van der Waals surface area contributed by atoms with E-state index in [9.17, 15) is 14.4 Å². The Morgan fingerprint density at radius 2 is 2.17 bits per heavy atom. The second kappa shape index (κ2) is 10.6. The van der Waals surface area contributed by atoms with Gasteiger partial charge in [-0.05, 0) is 57.3 Å². The number of thioether (sulfide) groups is 1. The highest BCUT2D eigenvalue weighted by molar-refractivity contribution is 9.10. The Balaban J connectivity index is 1.55. The molecule has 0 bridgehead atoms. The van der Waals surface area contributed by atoms with Crippen LogP contribution in [0.2, 0.25) is 0 Å². The second-order valence-corrected chi connectivity index (χ2v) is 8.26. The fraction of sp³-hybridized carbons (Fsp3) is 0.412. The summed E-state index contributed by atoms with van der Waals surface area (Å²) in [6.07, 6.45) is 4.36. The van der Waals surface area contributed by atoms with Crippen LogP contribution in [0.3, 0.4) is 0 Å². The lowest BCUT2D eigenvalue weighted by molar-refractivity contribution is 0.233. The van der Waals surface area contributed by atoms with Crippen molar-refractivity contribution in [3.63, 3.8) is 0 Å². The molecule has 0 radical (unpaired) electrons. The molecule has 3 rings (SSSR count). The second-order valence-electron chi connectivity index (χ2n) is 6.32. The van der Waals surface area contributed by atoms with E-state index in [1.165, 1.54) is 30.0 Å². The molecule has 0 aliphatic heterocycles. The summed E-state index contributed by atoms with van der Waals surface area (Å²) in [5.74, 6) is 0.0885. The summed E-state index contributed by atoms with van der Waals surface area (Å²) in [5.41, 5.74) is 2.55. The van der Waals surface area contributed by atoms with Gasteiger partial charge in [0, 0.05) is 18.3 Å². The topological polar surface area (TPSA) is 125 Å². The molecule has 29 heavy (non-hydrogen) atoms. The van der Waals surface area contributed by atoms with Gasteiger partial charge in [0.05, 0.1) is 10.2 Å². The maximum Gasteiger partial charge on any atom is 0.315 e. The van der Waals surface area contributed by atoms with Crippen molar-refractivity contribution in [2.45, 2.75) is 36.8 Å². The average molecular weight is 487 g/mol. The zero-order valence-electron chi connectivity index (χ0n) is 15.3. The van der Waals surface area contributed by atoms with E-state index >= 15 is 0 Å². The molecule has 1 aliphatic rings. The molecule has 12 heteroatoms. The van der Waals surface area contributed by atoms with Crippen molar-refractivity contribution < 1.29 is 19.0 Å². The van der Waals surface area contributed by atoms with Gasteiger partial charge in [-0.25, -0.2) is 18.8 Å². The number of hydrogen-bond acceptors (Lipinski definition) is 7. The minimum Gasteiger partial charge on any atom is -0.337 e. The van der Waals surface area contributed by atoms with Crippen molar-refractivity contribution in [2.24, 2.45) is 4.99 Å². The fourth-order valence-electron chi connectivity index (χ4n) is 2.85. The zero-order chi connectivity index (χ0) is 20.6. The first kappa shape index (κ1) is 21.5. The number of nitrogens with zero attached hydrogens (tertiary/aromatic N) is 3. The van der Waals surface area contributed by atoms with E-state index in [1.54, 1.807) is 0 Å². The van der Waals surface area contributed by atoms with E-state index in [-0.39, 0.29) is 28.1 Å². The van der Waals surface area contributed by atoms with Crippen LogP contribution in [0.25, 0.3) is 0 Å². The van der Waals surface area contributed by atoms with Crippen LogP contribution < -0.4 is 16.1 Å². The number of urea groups is 1. The molecule has 0 unspecified atom stereocenters. The number of amides is 2. The van der Waals surface area contributed by atoms with Crippen LogP contribution in [0.5, 0.6) is 0 Å². The van der Waals surface area contributed by atoms with Crippen LogP contribution in [-0.2, 0) is 0 Å². The first-order chi connectivity index (χ1) is 14.1. The van der Waals surface area contributed by atoms with Crippen molar-refractivity contribution in [1.82, 2.24) is 26.4 Å². The van der Waals surface area contributed by atoms with Crippen molar-refractivity contribution >= 4 is 45.2 Å². The summed E-state index contributed by atoms with van der Waals surface area (Å²) >= 11 is 4.37. The van der Waals surface area contributed by atoms with Gasteiger partial charge in [-0.3, -0.25) is 10.7 Å². The number of carbonyl (C=O) groups excluding carboxylic acids is 1. The highest BCUT2D eigenvalue weighted by Crippen LogP contribution is 2.24. The number of nitrogens with one attached hydrogen (secondary N) is 3. The molecule has 2 amide bonds. The Labute approximate surface area is 179 Å². The smallest absolute Gasteiger partial charge is 0.315 e. The number of amidine groups is 1. The SMILES string of the molecule is O=C(NCCSc1nonc1C(=Nc1ccc(F)c(Br)c1)NO)NC1CCCC1. The predicted molar refractivity (Wildman–Crippen MR) is 109 cm³/mol. The quantitative estimate of drug-likeness (QED) is 0.155. The molecule has 0 saturated heterocycles. The minimum atomic E-state index is -0.425. The van der Waals surface area contributed by atoms with E-state index < -0.39 is 5.82 Å². The molecule has 1 aromatic carbocycles. The maximum absolute atomic E-state index is 13.4. The highest BCUT2D eigenvalue weighted by Gasteiger charge is 2.18. The van der Waals surface area contributed by atoms with Crippen molar-refractivity contribution in [1.29, 1.82) is 0 Å². The number of aliphatic imine (C=N–C) groups is 1. The molecule has 4 N–H and O–H groups in total. The zero-order valence-corrected chi connectivity index (χ0v) is 17.7. The van der Waals surface area contributed by atoms with Crippen LogP contribution in [0.1, 0.15) is 31.4 Å². The standard InChI is InChI=1S/C17H20BrFN6O3S/c18-12-9-11(5-6-13(12)19)21-15(23-27)14-16(25-28-24-14)29-8-7-20-17(26)22-10-3-1-2-4-10/h5-6,9-10,27H,1-4,7-8H2,(H,21,23)(H2,20,22,26). The van der Waals surface area contributed by atoms with Gasteiger partial charge >= 0.3 is 6.03 Å². The van der Waals surface area contributed by atoms with E-state index in [1.807, 2.05) is 5.48 Å². The van der Waals surface area contributed by atoms with E-state index in [0.717, 1.165) is 25.7 Å². The first-order valence-electron chi connectivity index (χ1n) is 9.00. The molecule has 2 aromatic rings. The van der Waals surface area contributed by atoms with E-state index in [4.69, 9.17) is 4.63 Å². The Bertz CT molecular complexity index is 875. The summed E-state index contributed by atoms with van der Waals surface area (Å²) in [4.78, 5) is 16.1. The molecule has 9 nitrogen and oxygen atoms in total. The summed E-state index contributed by atoms with van der Waals surface area (Å²) < 4.78 is 18.4. The number of rotatable bonds is 7. The fourth-order valence-corrected chi connectivity index (χ4v) is 3.97. The highest BCUT2D eigenvalue weighted by atomic mass is 79.9. The van der Waals surface area contributed by atoms with Gasteiger partial charge < -0.3 is 10.6 Å². The largest absolute Gasteiger partial charge is 0.337 e. The third kappa shape index (κ3) is 6.15. The number of hydrogen-bond donors (Lipinski definition) is 4. The molecule has 1 aromatic heterocycles.